The quantitative estimate of drug-likeness (QED) is 0.305. The van der Waals surface area contributed by atoms with Gasteiger partial charge in [-0.1, -0.05) is 0 Å². The van der Waals surface area contributed by atoms with E-state index in [-0.39, 0.29) is 10.3 Å². The summed E-state index contributed by atoms with van der Waals surface area (Å²) in [6.45, 7) is 11.3. The van der Waals surface area contributed by atoms with Gasteiger partial charge in [-0.05, 0) is 75.4 Å². The van der Waals surface area contributed by atoms with Crippen LogP contribution in [0, 0.1) is 5.82 Å². The fourth-order valence-electron chi connectivity index (χ4n) is 2.37. The van der Waals surface area contributed by atoms with E-state index in [2.05, 4.69) is 25.6 Å². The number of nitrogens with one attached hydrogen (secondary N) is 1. The summed E-state index contributed by atoms with van der Waals surface area (Å²) in [5.74, 6) is -0.793. The molecule has 162 valence electrons. The van der Waals surface area contributed by atoms with Crippen LogP contribution >= 0.6 is 15.9 Å². The summed E-state index contributed by atoms with van der Waals surface area (Å²) in [6, 6.07) is 2.45. The molecule has 0 amide bonds. The second kappa shape index (κ2) is 8.79. The lowest BCUT2D eigenvalue weighted by atomic mass is 9.90. The van der Waals surface area contributed by atoms with Crippen LogP contribution in [0.25, 0.3) is 0 Å². The zero-order chi connectivity index (χ0) is 22.1. The molecule has 0 bridgehead atoms. The highest BCUT2D eigenvalue weighted by atomic mass is 79.9. The van der Waals surface area contributed by atoms with Gasteiger partial charge in [-0.3, -0.25) is 0 Å². The van der Waals surface area contributed by atoms with Gasteiger partial charge in [0.25, 0.3) is 0 Å². The van der Waals surface area contributed by atoms with E-state index in [0.29, 0.717) is 0 Å². The molecule has 0 saturated carbocycles. The van der Waals surface area contributed by atoms with Crippen molar-refractivity contribution >= 4 is 35.2 Å². The number of rotatable bonds is 7. The van der Waals surface area contributed by atoms with Crippen molar-refractivity contribution in [2.45, 2.75) is 76.3 Å². The molecule has 0 saturated heterocycles. The van der Waals surface area contributed by atoms with Gasteiger partial charge >= 0.3 is 6.18 Å². The fraction of sp³-hybridized carbons (Fsp3) is 0.706. The molecule has 0 fully saturated rings. The largest absolute Gasteiger partial charge is 0.413 e. The summed E-state index contributed by atoms with van der Waals surface area (Å²) in [7, 11) is -4.35. The normalized spacial score (nSPS) is 17.9. The van der Waals surface area contributed by atoms with Crippen molar-refractivity contribution in [2.24, 2.45) is 0 Å². The molecule has 0 aromatic carbocycles. The Balaban J connectivity index is 3.48. The van der Waals surface area contributed by atoms with Crippen LogP contribution in [0.3, 0.4) is 0 Å². The van der Waals surface area contributed by atoms with Crippen molar-refractivity contribution in [3.05, 3.63) is 28.2 Å². The SMILES string of the molecule is CC(C)(C)[S@@](=O)N[C@@](C)(C[C@H](O[Si](C)(C)C)C(F)(F)F)c1nc(Br)ccc1F. The predicted molar refractivity (Wildman–Crippen MR) is 109 cm³/mol. The van der Waals surface area contributed by atoms with Crippen LogP contribution in [-0.2, 0) is 21.0 Å². The lowest BCUT2D eigenvalue weighted by Gasteiger charge is -2.38. The second-order valence-corrected chi connectivity index (χ2v) is 16.0. The number of hydrogen-bond acceptors (Lipinski definition) is 3. The smallest absolute Gasteiger partial charge is 0.406 e. The van der Waals surface area contributed by atoms with Gasteiger partial charge in [-0.25, -0.2) is 18.3 Å². The van der Waals surface area contributed by atoms with E-state index in [9.17, 15) is 21.8 Å². The summed E-state index contributed by atoms with van der Waals surface area (Å²) < 4.78 is 75.9. The minimum atomic E-state index is -4.67. The summed E-state index contributed by atoms with van der Waals surface area (Å²) >= 11 is 3.12. The van der Waals surface area contributed by atoms with Crippen LogP contribution in [0.15, 0.2) is 16.7 Å². The third-order valence-corrected chi connectivity index (χ3v) is 6.84. The molecule has 0 aliphatic carbocycles. The molecule has 1 N–H and O–H groups in total. The summed E-state index contributed by atoms with van der Waals surface area (Å²) in [5, 5.41) is 0. The molecule has 0 radical (unpaired) electrons. The number of alkyl halides is 3. The van der Waals surface area contributed by atoms with E-state index in [1.54, 1.807) is 40.4 Å². The van der Waals surface area contributed by atoms with Crippen LogP contribution in [0.2, 0.25) is 19.6 Å². The number of hydrogen-bond donors (Lipinski definition) is 1. The highest BCUT2D eigenvalue weighted by Gasteiger charge is 2.49. The van der Waals surface area contributed by atoms with Gasteiger partial charge < -0.3 is 4.43 Å². The van der Waals surface area contributed by atoms with Crippen LogP contribution < -0.4 is 4.72 Å². The van der Waals surface area contributed by atoms with Crippen molar-refractivity contribution in [1.29, 1.82) is 0 Å². The monoisotopic (exact) mass is 506 g/mol. The van der Waals surface area contributed by atoms with Gasteiger partial charge in [-0.2, -0.15) is 13.2 Å². The molecular formula is C17H27BrF4N2O2SSi. The van der Waals surface area contributed by atoms with Crippen molar-refractivity contribution in [3.63, 3.8) is 0 Å². The lowest BCUT2D eigenvalue weighted by molar-refractivity contribution is -0.203. The lowest BCUT2D eigenvalue weighted by Crippen LogP contribution is -2.52. The topological polar surface area (TPSA) is 51.2 Å². The number of halogens is 5. The molecule has 0 spiro atoms. The molecule has 0 unspecified atom stereocenters. The Labute approximate surface area is 175 Å². The Morgan fingerprint density at radius 1 is 1.21 bits per heavy atom. The summed E-state index contributed by atoms with van der Waals surface area (Å²) in [5.41, 5.74) is -1.95. The standard InChI is InChI=1S/C17H27BrF4N2O2SSi/c1-15(2,3)27(25)24-16(4,14-11(19)8-9-13(18)23-14)10-12(17(20,21)22)26-28(5,6)7/h8-9,12,24H,10H2,1-7H3/t12-,16-,27+/m0/s1. The fourth-order valence-corrected chi connectivity index (χ4v) is 4.65. The summed E-state index contributed by atoms with van der Waals surface area (Å²) in [4.78, 5) is 4.04. The Bertz CT molecular complexity index is 723. The zero-order valence-electron chi connectivity index (χ0n) is 17.0. The molecule has 1 rings (SSSR count). The molecule has 11 heteroatoms. The van der Waals surface area contributed by atoms with Gasteiger partial charge in [0.2, 0.25) is 0 Å². The highest BCUT2D eigenvalue weighted by Crippen LogP contribution is 2.37. The zero-order valence-corrected chi connectivity index (χ0v) is 20.4. The third kappa shape index (κ3) is 7.47. The number of aromatic nitrogens is 1. The van der Waals surface area contributed by atoms with E-state index in [1.165, 1.54) is 13.0 Å². The maximum atomic E-state index is 14.6. The van der Waals surface area contributed by atoms with E-state index < -0.39 is 54.1 Å². The van der Waals surface area contributed by atoms with Gasteiger partial charge in [0.1, 0.15) is 16.5 Å². The molecule has 28 heavy (non-hydrogen) atoms. The summed E-state index contributed by atoms with van der Waals surface area (Å²) in [6.07, 6.45) is -7.51. The Morgan fingerprint density at radius 3 is 2.18 bits per heavy atom. The van der Waals surface area contributed by atoms with Crippen LogP contribution in [0.1, 0.15) is 39.8 Å². The molecule has 0 aliphatic rings. The molecule has 1 aromatic rings. The van der Waals surface area contributed by atoms with Crippen molar-refractivity contribution in [2.75, 3.05) is 0 Å². The van der Waals surface area contributed by atoms with Crippen LogP contribution in [-0.4, -0.2) is 34.5 Å². The minimum Gasteiger partial charge on any atom is -0.406 e. The predicted octanol–water partition coefficient (Wildman–Crippen LogP) is 5.42. The first-order valence-corrected chi connectivity index (χ1v) is 14.0. The van der Waals surface area contributed by atoms with Gasteiger partial charge in [-0.15, -0.1) is 0 Å². The van der Waals surface area contributed by atoms with Gasteiger partial charge in [0.05, 0.1) is 27.0 Å². The molecule has 1 aromatic heterocycles. The first-order valence-electron chi connectivity index (χ1n) is 8.62. The molecule has 3 atom stereocenters. The van der Waals surface area contributed by atoms with E-state index in [4.69, 9.17) is 4.43 Å². The second-order valence-electron chi connectivity index (χ2n) is 8.74. The Morgan fingerprint density at radius 2 is 1.75 bits per heavy atom. The number of pyridine rings is 1. The van der Waals surface area contributed by atoms with Gasteiger partial charge in [0, 0.05) is 6.42 Å². The molecule has 1 heterocycles. The molecular weight excluding hydrogens is 480 g/mol. The maximum Gasteiger partial charge on any atom is 0.413 e. The van der Waals surface area contributed by atoms with E-state index in [1.807, 2.05) is 0 Å². The minimum absolute atomic E-state index is 0.257. The third-order valence-electron chi connectivity index (χ3n) is 3.66. The first-order chi connectivity index (χ1) is 12.3. The van der Waals surface area contributed by atoms with Crippen LogP contribution in [0.4, 0.5) is 17.6 Å². The molecule has 0 aliphatic heterocycles. The number of nitrogens with zero attached hydrogens (tertiary/aromatic N) is 1. The van der Waals surface area contributed by atoms with Crippen molar-refractivity contribution in [1.82, 2.24) is 9.71 Å². The van der Waals surface area contributed by atoms with Crippen LogP contribution in [0.5, 0.6) is 0 Å². The highest BCUT2D eigenvalue weighted by molar-refractivity contribution is 9.10. The van der Waals surface area contributed by atoms with E-state index >= 15 is 0 Å². The Kier molecular flexibility index (Phi) is 8.06. The average molecular weight is 507 g/mol. The molecule has 4 nitrogen and oxygen atoms in total. The van der Waals surface area contributed by atoms with Crippen molar-refractivity contribution in [3.8, 4) is 0 Å². The van der Waals surface area contributed by atoms with Crippen molar-refractivity contribution < 1.29 is 26.2 Å². The Hall–Kier alpha value is -0.363. The van der Waals surface area contributed by atoms with E-state index in [0.717, 1.165) is 6.07 Å². The van der Waals surface area contributed by atoms with Gasteiger partial charge in [0.15, 0.2) is 8.32 Å². The average Bonchev–Trinajstić information content (AvgIpc) is 2.45. The first kappa shape index (κ1) is 25.7. The maximum absolute atomic E-state index is 14.6.